The summed E-state index contributed by atoms with van der Waals surface area (Å²) in [7, 11) is 0. The fourth-order valence-corrected chi connectivity index (χ4v) is 3.65. The molecular weight excluding hydrogens is 347 g/mol. The van der Waals surface area contributed by atoms with E-state index in [-0.39, 0.29) is 12.0 Å². The van der Waals surface area contributed by atoms with Crippen molar-refractivity contribution in [3.05, 3.63) is 59.2 Å². The Kier molecular flexibility index (Phi) is 4.84. The molecule has 0 saturated heterocycles. The highest BCUT2D eigenvalue weighted by molar-refractivity contribution is 5.64. The van der Waals surface area contributed by atoms with Gasteiger partial charge in [-0.25, -0.2) is 22.0 Å². The summed E-state index contributed by atoms with van der Waals surface area (Å²) in [6.45, 7) is 2.78. The highest BCUT2D eigenvalue weighted by atomic mass is 19.3. The van der Waals surface area contributed by atoms with Crippen LogP contribution >= 0.6 is 0 Å². The molecule has 2 aromatic rings. The Balaban J connectivity index is 1.85. The van der Waals surface area contributed by atoms with Crippen LogP contribution in [0, 0.1) is 11.6 Å². The third-order valence-electron chi connectivity index (χ3n) is 5.25. The van der Waals surface area contributed by atoms with Gasteiger partial charge in [0.15, 0.2) is 5.67 Å². The van der Waals surface area contributed by atoms with Gasteiger partial charge in [-0.1, -0.05) is 37.6 Å². The van der Waals surface area contributed by atoms with Gasteiger partial charge in [0.2, 0.25) is 0 Å². The summed E-state index contributed by atoms with van der Waals surface area (Å²) in [6.07, 6.45) is 0.193. The molecule has 0 heterocycles. The number of benzene rings is 2. The van der Waals surface area contributed by atoms with Crippen LogP contribution in [0.3, 0.4) is 0 Å². The van der Waals surface area contributed by atoms with E-state index < -0.39 is 35.6 Å². The molecule has 1 saturated carbocycles. The van der Waals surface area contributed by atoms with Gasteiger partial charge in [0.1, 0.15) is 11.6 Å². The van der Waals surface area contributed by atoms with E-state index in [1.807, 2.05) is 6.92 Å². The second-order valence-corrected chi connectivity index (χ2v) is 7.30. The molecule has 1 aliphatic rings. The maximum atomic E-state index is 14.1. The molecule has 0 bridgehead atoms. The van der Waals surface area contributed by atoms with Gasteiger partial charge >= 0.3 is 0 Å². The molecule has 0 N–H and O–H groups in total. The smallest absolute Gasteiger partial charge is 0.238 e. The first-order valence-electron chi connectivity index (χ1n) is 8.79. The van der Waals surface area contributed by atoms with Gasteiger partial charge in [-0.05, 0) is 54.5 Å². The largest absolute Gasteiger partial charge is 0.281 e. The molecule has 26 heavy (non-hydrogen) atoms. The van der Waals surface area contributed by atoms with E-state index in [1.54, 1.807) is 24.3 Å². The first-order valence-corrected chi connectivity index (χ1v) is 8.79. The quantitative estimate of drug-likeness (QED) is 0.519. The summed E-state index contributed by atoms with van der Waals surface area (Å²) in [5.74, 6) is -5.10. The van der Waals surface area contributed by atoms with Gasteiger partial charge in [-0.2, -0.15) is 0 Å². The maximum absolute atomic E-state index is 14.1. The summed E-state index contributed by atoms with van der Waals surface area (Å²) < 4.78 is 69.7. The Labute approximate surface area is 150 Å². The van der Waals surface area contributed by atoms with Gasteiger partial charge in [-0.3, -0.25) is 0 Å². The Bertz CT molecular complexity index is 754. The molecule has 1 aliphatic carbocycles. The minimum absolute atomic E-state index is 0.0725. The molecule has 1 fully saturated rings. The summed E-state index contributed by atoms with van der Waals surface area (Å²) in [4.78, 5) is 0. The van der Waals surface area contributed by atoms with E-state index >= 15 is 0 Å². The van der Waals surface area contributed by atoms with Crippen LogP contribution in [0.15, 0.2) is 36.4 Å². The second-order valence-electron chi connectivity index (χ2n) is 7.30. The standard InChI is InChI=1S/C21H21F5/c1-3-4-17-18(22)9-15(10-19(17)23)13-5-7-14(8-6-13)16-11-20(2,24)21(25,26)12-16/h5-10,16H,3-4,11-12H2,1-2H3. The molecular formula is C21H21F5. The highest BCUT2D eigenvalue weighted by Gasteiger charge is 2.58. The van der Waals surface area contributed by atoms with Gasteiger partial charge in [0.05, 0.1) is 0 Å². The van der Waals surface area contributed by atoms with Gasteiger partial charge in [0, 0.05) is 12.0 Å². The molecule has 0 radical (unpaired) electrons. The summed E-state index contributed by atoms with van der Waals surface area (Å²) in [5.41, 5.74) is -0.861. The van der Waals surface area contributed by atoms with E-state index in [1.165, 1.54) is 12.1 Å². The zero-order valence-electron chi connectivity index (χ0n) is 14.8. The van der Waals surface area contributed by atoms with Crippen molar-refractivity contribution in [2.24, 2.45) is 0 Å². The van der Waals surface area contributed by atoms with Crippen molar-refractivity contribution in [3.63, 3.8) is 0 Å². The van der Waals surface area contributed by atoms with E-state index in [0.29, 0.717) is 29.5 Å². The lowest BCUT2D eigenvalue weighted by atomic mass is 9.93. The number of rotatable bonds is 4. The molecule has 0 aromatic heterocycles. The molecule has 0 spiro atoms. The topological polar surface area (TPSA) is 0 Å². The fourth-order valence-electron chi connectivity index (χ4n) is 3.65. The van der Waals surface area contributed by atoms with Crippen molar-refractivity contribution in [1.82, 2.24) is 0 Å². The lowest BCUT2D eigenvalue weighted by Crippen LogP contribution is -2.35. The average Bonchev–Trinajstić information content (AvgIpc) is 2.79. The van der Waals surface area contributed by atoms with Gasteiger partial charge < -0.3 is 0 Å². The predicted molar refractivity (Wildman–Crippen MR) is 92.2 cm³/mol. The lowest BCUT2D eigenvalue weighted by molar-refractivity contribution is -0.105. The number of hydrogen-bond donors (Lipinski definition) is 0. The molecule has 3 rings (SSSR count). The average molecular weight is 368 g/mol. The Morgan fingerprint density at radius 3 is 1.96 bits per heavy atom. The molecule has 0 nitrogen and oxygen atoms in total. The highest BCUT2D eigenvalue weighted by Crippen LogP contribution is 2.52. The molecule has 2 atom stereocenters. The lowest BCUT2D eigenvalue weighted by Gasteiger charge is -2.21. The van der Waals surface area contributed by atoms with Crippen molar-refractivity contribution >= 4 is 0 Å². The first kappa shape index (κ1) is 18.9. The Morgan fingerprint density at radius 2 is 1.50 bits per heavy atom. The second kappa shape index (κ2) is 6.67. The molecule has 2 aromatic carbocycles. The van der Waals surface area contributed by atoms with Crippen LogP contribution in [-0.2, 0) is 6.42 Å². The van der Waals surface area contributed by atoms with Crippen molar-refractivity contribution in [1.29, 1.82) is 0 Å². The van der Waals surface area contributed by atoms with E-state index in [4.69, 9.17) is 0 Å². The molecule has 140 valence electrons. The fraction of sp³-hybridized carbons (Fsp3) is 0.429. The SMILES string of the molecule is CCCc1c(F)cc(-c2ccc(C3CC(C)(F)C(F)(F)C3)cc2)cc1F. The number of hydrogen-bond acceptors (Lipinski definition) is 0. The summed E-state index contributed by atoms with van der Waals surface area (Å²) >= 11 is 0. The minimum atomic E-state index is -3.35. The monoisotopic (exact) mass is 368 g/mol. The predicted octanol–water partition coefficient (Wildman–Crippen LogP) is 6.83. The molecule has 0 amide bonds. The van der Waals surface area contributed by atoms with E-state index in [9.17, 15) is 22.0 Å². The maximum Gasteiger partial charge on any atom is 0.281 e. The summed E-state index contributed by atoms with van der Waals surface area (Å²) in [6, 6.07) is 9.10. The summed E-state index contributed by atoms with van der Waals surface area (Å²) in [5, 5.41) is 0. The van der Waals surface area contributed by atoms with Crippen LogP contribution < -0.4 is 0 Å². The third-order valence-corrected chi connectivity index (χ3v) is 5.25. The van der Waals surface area contributed by atoms with Crippen LogP contribution in [0.2, 0.25) is 0 Å². The van der Waals surface area contributed by atoms with Crippen molar-refractivity contribution in [2.75, 3.05) is 0 Å². The third kappa shape index (κ3) is 3.36. The zero-order chi connectivity index (χ0) is 19.1. The van der Waals surface area contributed by atoms with Crippen LogP contribution in [0.1, 0.15) is 50.2 Å². The van der Waals surface area contributed by atoms with Crippen LogP contribution in [0.5, 0.6) is 0 Å². The minimum Gasteiger partial charge on any atom is -0.238 e. The van der Waals surface area contributed by atoms with Crippen molar-refractivity contribution < 1.29 is 22.0 Å². The molecule has 5 heteroatoms. The number of alkyl halides is 3. The normalized spacial score (nSPS) is 24.8. The first-order chi connectivity index (χ1) is 12.1. The van der Waals surface area contributed by atoms with Crippen LogP contribution in [0.25, 0.3) is 11.1 Å². The van der Waals surface area contributed by atoms with Crippen molar-refractivity contribution in [3.8, 4) is 11.1 Å². The van der Waals surface area contributed by atoms with Crippen LogP contribution in [0.4, 0.5) is 22.0 Å². The molecule has 2 unspecified atom stereocenters. The Hall–Kier alpha value is -1.91. The van der Waals surface area contributed by atoms with Gasteiger partial charge in [0.25, 0.3) is 5.92 Å². The van der Waals surface area contributed by atoms with E-state index in [0.717, 1.165) is 6.92 Å². The number of halogens is 5. The Morgan fingerprint density at radius 1 is 0.923 bits per heavy atom. The van der Waals surface area contributed by atoms with Gasteiger partial charge in [-0.15, -0.1) is 0 Å². The zero-order valence-corrected chi connectivity index (χ0v) is 14.8. The molecule has 0 aliphatic heterocycles. The van der Waals surface area contributed by atoms with Crippen LogP contribution in [-0.4, -0.2) is 11.6 Å². The van der Waals surface area contributed by atoms with E-state index in [2.05, 4.69) is 0 Å². The van der Waals surface area contributed by atoms with Crippen molar-refractivity contribution in [2.45, 2.75) is 57.0 Å².